The highest BCUT2D eigenvalue weighted by atomic mass is 16.5. The van der Waals surface area contributed by atoms with Crippen molar-refractivity contribution in [2.24, 2.45) is 0 Å². The summed E-state index contributed by atoms with van der Waals surface area (Å²) in [5, 5.41) is 0. The number of unbranched alkanes of at least 4 members (excludes halogenated alkanes) is 1. The molecule has 1 aliphatic rings. The molecule has 2 heteroatoms. The Hall–Kier alpha value is -1.02. The molecule has 1 saturated heterocycles. The van der Waals surface area contributed by atoms with Crippen LogP contribution in [0.4, 0.5) is 0 Å². The number of benzene rings is 1. The number of hydrogen-bond donors (Lipinski definition) is 0. The summed E-state index contributed by atoms with van der Waals surface area (Å²) < 4.78 is 6.24. The maximum Gasteiger partial charge on any atom is 0.152 e. The van der Waals surface area contributed by atoms with Gasteiger partial charge in [-0.1, -0.05) is 44.4 Å². The molecule has 0 N–H and O–H groups in total. The van der Waals surface area contributed by atoms with Crippen molar-refractivity contribution in [2.45, 2.75) is 58.1 Å². The fourth-order valence-electron chi connectivity index (χ4n) is 2.73. The van der Waals surface area contributed by atoms with Crippen LogP contribution in [0.5, 0.6) is 5.75 Å². The first-order valence-corrected chi connectivity index (χ1v) is 7.86. The largest absolute Gasteiger partial charge is 0.475 e. The minimum Gasteiger partial charge on any atom is -0.475 e. The molecule has 0 saturated carbocycles. The van der Waals surface area contributed by atoms with E-state index in [2.05, 4.69) is 36.1 Å². The third-order valence-corrected chi connectivity index (χ3v) is 3.87. The molecular formula is C17H27NO. The summed E-state index contributed by atoms with van der Waals surface area (Å²) in [6, 6.07) is 10.3. The number of likely N-dealkylation sites (tertiary alicyclic amines) is 1. The molecule has 0 radical (unpaired) electrons. The van der Waals surface area contributed by atoms with Crippen LogP contribution in [0.1, 0.15) is 51.9 Å². The Labute approximate surface area is 117 Å². The molecule has 0 bridgehead atoms. The normalized spacial score (nSPS) is 18.8. The van der Waals surface area contributed by atoms with Crippen LogP contribution in [0.15, 0.2) is 30.3 Å². The number of para-hydroxylation sites is 1. The zero-order valence-electron chi connectivity index (χ0n) is 12.2. The van der Waals surface area contributed by atoms with Gasteiger partial charge in [0.2, 0.25) is 0 Å². The molecule has 1 heterocycles. The Morgan fingerprint density at radius 1 is 1.05 bits per heavy atom. The van der Waals surface area contributed by atoms with Crippen LogP contribution in [0.3, 0.4) is 0 Å². The summed E-state index contributed by atoms with van der Waals surface area (Å²) >= 11 is 0. The lowest BCUT2D eigenvalue weighted by molar-refractivity contribution is 0.0194. The van der Waals surface area contributed by atoms with Crippen LogP contribution in [-0.4, -0.2) is 24.2 Å². The summed E-state index contributed by atoms with van der Waals surface area (Å²) in [5.41, 5.74) is 0. The van der Waals surface area contributed by atoms with Gasteiger partial charge in [0.05, 0.1) is 0 Å². The van der Waals surface area contributed by atoms with E-state index in [4.69, 9.17) is 4.74 Å². The molecule has 1 fully saturated rings. The first-order chi connectivity index (χ1) is 9.40. The second-order valence-corrected chi connectivity index (χ2v) is 5.48. The fraction of sp³-hybridized carbons (Fsp3) is 0.647. The van der Waals surface area contributed by atoms with Gasteiger partial charge in [0.25, 0.3) is 0 Å². The van der Waals surface area contributed by atoms with Gasteiger partial charge in [0.15, 0.2) is 6.23 Å². The molecule has 0 spiro atoms. The quantitative estimate of drug-likeness (QED) is 0.749. The Morgan fingerprint density at radius 2 is 1.74 bits per heavy atom. The predicted octanol–water partition coefficient (Wildman–Crippen LogP) is 4.46. The molecule has 2 nitrogen and oxygen atoms in total. The maximum atomic E-state index is 6.24. The second-order valence-electron chi connectivity index (χ2n) is 5.48. The molecule has 0 aliphatic carbocycles. The average Bonchev–Trinajstić information content (AvgIpc) is 2.73. The average molecular weight is 261 g/mol. The standard InChI is InChI=1S/C17H27NO/c1-2-3-13-17(18-14-9-4-5-10-15-18)19-16-11-7-6-8-12-16/h6-8,11-12,17H,2-5,9-10,13-15H2,1H3. The van der Waals surface area contributed by atoms with E-state index in [1.165, 1.54) is 51.6 Å². The SMILES string of the molecule is CCCCC(Oc1ccccc1)N1CCCCCC1. The van der Waals surface area contributed by atoms with E-state index in [0.717, 1.165) is 12.2 Å². The van der Waals surface area contributed by atoms with E-state index in [-0.39, 0.29) is 6.23 Å². The molecular weight excluding hydrogens is 234 g/mol. The molecule has 0 amide bonds. The van der Waals surface area contributed by atoms with Crippen LogP contribution >= 0.6 is 0 Å². The summed E-state index contributed by atoms with van der Waals surface area (Å²) in [4.78, 5) is 2.55. The highest BCUT2D eigenvalue weighted by molar-refractivity contribution is 5.21. The Bertz CT molecular complexity index is 330. The van der Waals surface area contributed by atoms with E-state index >= 15 is 0 Å². The van der Waals surface area contributed by atoms with E-state index < -0.39 is 0 Å². The number of rotatable bonds is 6. The lowest BCUT2D eigenvalue weighted by Gasteiger charge is -2.31. The molecule has 1 aromatic carbocycles. The van der Waals surface area contributed by atoms with Crippen molar-refractivity contribution in [3.05, 3.63) is 30.3 Å². The van der Waals surface area contributed by atoms with Gasteiger partial charge >= 0.3 is 0 Å². The van der Waals surface area contributed by atoms with Crippen molar-refractivity contribution >= 4 is 0 Å². The minimum atomic E-state index is 0.264. The van der Waals surface area contributed by atoms with Crippen molar-refractivity contribution in [1.29, 1.82) is 0 Å². The lowest BCUT2D eigenvalue weighted by atomic mass is 10.2. The Kier molecular flexibility index (Phi) is 6.22. The van der Waals surface area contributed by atoms with E-state index in [1.54, 1.807) is 0 Å². The van der Waals surface area contributed by atoms with Crippen molar-refractivity contribution in [2.75, 3.05) is 13.1 Å². The van der Waals surface area contributed by atoms with Crippen molar-refractivity contribution in [3.63, 3.8) is 0 Å². The fourth-order valence-corrected chi connectivity index (χ4v) is 2.73. The predicted molar refractivity (Wildman–Crippen MR) is 80.4 cm³/mol. The molecule has 1 atom stereocenters. The van der Waals surface area contributed by atoms with Gasteiger partial charge in [-0.25, -0.2) is 0 Å². The van der Waals surface area contributed by atoms with Crippen molar-refractivity contribution in [3.8, 4) is 5.75 Å². The molecule has 19 heavy (non-hydrogen) atoms. The van der Waals surface area contributed by atoms with E-state index in [1.807, 2.05) is 6.07 Å². The number of hydrogen-bond acceptors (Lipinski definition) is 2. The van der Waals surface area contributed by atoms with Crippen molar-refractivity contribution in [1.82, 2.24) is 4.90 Å². The molecule has 2 rings (SSSR count). The maximum absolute atomic E-state index is 6.24. The lowest BCUT2D eigenvalue weighted by Crippen LogP contribution is -2.40. The van der Waals surface area contributed by atoms with E-state index in [0.29, 0.717) is 0 Å². The molecule has 0 aromatic heterocycles. The van der Waals surface area contributed by atoms with Crippen LogP contribution in [0.2, 0.25) is 0 Å². The summed E-state index contributed by atoms with van der Waals surface area (Å²) in [7, 11) is 0. The number of ether oxygens (including phenoxy) is 1. The van der Waals surface area contributed by atoms with Gasteiger partial charge in [0, 0.05) is 13.1 Å². The highest BCUT2D eigenvalue weighted by Gasteiger charge is 2.20. The molecule has 106 valence electrons. The third-order valence-electron chi connectivity index (χ3n) is 3.87. The third kappa shape index (κ3) is 4.87. The Balaban J connectivity index is 1.97. The van der Waals surface area contributed by atoms with Gasteiger partial charge in [-0.15, -0.1) is 0 Å². The monoisotopic (exact) mass is 261 g/mol. The van der Waals surface area contributed by atoms with Gasteiger partial charge in [-0.2, -0.15) is 0 Å². The van der Waals surface area contributed by atoms with Gasteiger partial charge in [-0.3, -0.25) is 4.90 Å². The zero-order valence-corrected chi connectivity index (χ0v) is 12.2. The summed E-state index contributed by atoms with van der Waals surface area (Å²) in [5.74, 6) is 1.01. The second kappa shape index (κ2) is 8.21. The molecule has 1 aromatic rings. The van der Waals surface area contributed by atoms with Gasteiger partial charge in [0.1, 0.15) is 5.75 Å². The topological polar surface area (TPSA) is 12.5 Å². The molecule has 1 unspecified atom stereocenters. The van der Waals surface area contributed by atoms with Gasteiger partial charge < -0.3 is 4.74 Å². The van der Waals surface area contributed by atoms with Crippen LogP contribution < -0.4 is 4.74 Å². The van der Waals surface area contributed by atoms with Crippen LogP contribution in [0, 0.1) is 0 Å². The first kappa shape index (κ1) is 14.4. The minimum absolute atomic E-state index is 0.264. The smallest absolute Gasteiger partial charge is 0.152 e. The van der Waals surface area contributed by atoms with E-state index in [9.17, 15) is 0 Å². The molecule has 1 aliphatic heterocycles. The first-order valence-electron chi connectivity index (χ1n) is 7.86. The van der Waals surface area contributed by atoms with Crippen molar-refractivity contribution < 1.29 is 4.74 Å². The highest BCUT2D eigenvalue weighted by Crippen LogP contribution is 2.20. The van der Waals surface area contributed by atoms with Gasteiger partial charge in [-0.05, 0) is 37.8 Å². The van der Waals surface area contributed by atoms with Crippen LogP contribution in [0.25, 0.3) is 0 Å². The number of nitrogens with zero attached hydrogens (tertiary/aromatic N) is 1. The summed E-state index contributed by atoms with van der Waals surface area (Å²) in [6.45, 7) is 4.64. The van der Waals surface area contributed by atoms with Crippen LogP contribution in [-0.2, 0) is 0 Å². The summed E-state index contributed by atoms with van der Waals surface area (Å²) in [6.07, 6.45) is 9.29. The Morgan fingerprint density at radius 3 is 2.37 bits per heavy atom. The zero-order chi connectivity index (χ0) is 13.3.